The fraction of sp³-hybridized carbons (Fsp3) is 0. The molecule has 1 nitrogen and oxygen atoms in total. The van der Waals surface area contributed by atoms with Crippen molar-refractivity contribution in [2.75, 3.05) is 0 Å². The Kier molecular flexibility index (Phi) is 4.68. The van der Waals surface area contributed by atoms with Crippen LogP contribution in [0.4, 0.5) is 0 Å². The summed E-state index contributed by atoms with van der Waals surface area (Å²) < 4.78 is 1.03. The van der Waals surface area contributed by atoms with Gasteiger partial charge in [-0.2, -0.15) is 0 Å². The highest BCUT2D eigenvalue weighted by Gasteiger charge is 2.14. The van der Waals surface area contributed by atoms with Gasteiger partial charge in [0.25, 0.3) is 0 Å². The van der Waals surface area contributed by atoms with Gasteiger partial charge in [0.05, 0.1) is 0 Å². The largest absolute Gasteiger partial charge is 0.290 e. The maximum atomic E-state index is 12.1. The zero-order valence-corrected chi connectivity index (χ0v) is 14.2. The number of carbonyl (C=O) groups is 1. The molecule has 0 amide bonds. The molecule has 2 aromatic rings. The normalized spacial score (nSPS) is 15.2. The Bertz CT molecular complexity index is 718. The van der Waals surface area contributed by atoms with Crippen LogP contribution in [0, 0.1) is 0 Å². The van der Waals surface area contributed by atoms with E-state index in [9.17, 15) is 4.79 Å². The third-order valence-corrected chi connectivity index (χ3v) is 5.96. The monoisotopic (exact) mass is 374 g/mol. The number of hydrogen-bond donors (Lipinski definition) is 0. The fourth-order valence-electron chi connectivity index (χ4n) is 1.92. The van der Waals surface area contributed by atoms with Crippen LogP contribution in [0.2, 0.25) is 0 Å². The summed E-state index contributed by atoms with van der Waals surface area (Å²) >= 11 is 3.43. The summed E-state index contributed by atoms with van der Waals surface area (Å²) in [6, 6.07) is 18.0. The molecule has 0 aromatic heterocycles. The van der Waals surface area contributed by atoms with Gasteiger partial charge in [-0.3, -0.25) is 4.79 Å². The van der Waals surface area contributed by atoms with E-state index in [-0.39, 0.29) is 5.78 Å². The van der Waals surface area contributed by atoms with Crippen LogP contribution in [0.25, 0.3) is 9.81 Å². The van der Waals surface area contributed by atoms with E-state index in [0.717, 1.165) is 25.4 Å². The molecule has 2 aromatic carbocycles. The molecule has 1 aliphatic heterocycles. The van der Waals surface area contributed by atoms with Gasteiger partial charge in [0.1, 0.15) is 0 Å². The van der Waals surface area contributed by atoms with Gasteiger partial charge >= 0.3 is 0 Å². The van der Waals surface area contributed by atoms with Crippen LogP contribution in [0.3, 0.4) is 0 Å². The Morgan fingerprint density at radius 3 is 1.81 bits per heavy atom. The first-order valence-corrected chi connectivity index (χ1v) is 9.30. The minimum Gasteiger partial charge on any atom is -0.290 e. The SMILES string of the molecule is O=C1C=C(c2ccccc2)SSC(c2ccc(Br)cc2)=C1. The Morgan fingerprint density at radius 2 is 1.24 bits per heavy atom. The fourth-order valence-corrected chi connectivity index (χ4v) is 4.56. The Balaban J connectivity index is 1.86. The van der Waals surface area contributed by atoms with Crippen molar-refractivity contribution in [3.63, 3.8) is 0 Å². The smallest absolute Gasteiger partial charge is 0.180 e. The van der Waals surface area contributed by atoms with Crippen LogP contribution in [0.15, 0.2) is 71.2 Å². The first-order valence-electron chi connectivity index (χ1n) is 6.35. The minimum atomic E-state index is 0.0317. The predicted octanol–water partition coefficient (Wildman–Crippen LogP) is 5.80. The van der Waals surface area contributed by atoms with Crippen molar-refractivity contribution in [3.8, 4) is 0 Å². The lowest BCUT2D eigenvalue weighted by Crippen LogP contribution is -1.88. The second kappa shape index (κ2) is 6.69. The molecule has 0 atom stereocenters. The van der Waals surface area contributed by atoms with E-state index in [0.29, 0.717) is 0 Å². The summed E-state index contributed by atoms with van der Waals surface area (Å²) in [5.41, 5.74) is 2.14. The summed E-state index contributed by atoms with van der Waals surface area (Å²) in [4.78, 5) is 14.1. The summed E-state index contributed by atoms with van der Waals surface area (Å²) in [7, 11) is 3.25. The zero-order chi connectivity index (χ0) is 14.7. The highest BCUT2D eigenvalue weighted by atomic mass is 79.9. The molecule has 104 valence electrons. The summed E-state index contributed by atoms with van der Waals surface area (Å²) in [5.74, 6) is 0.0317. The van der Waals surface area contributed by atoms with Crippen LogP contribution < -0.4 is 0 Å². The van der Waals surface area contributed by atoms with Crippen LogP contribution in [0.1, 0.15) is 11.1 Å². The average molecular weight is 375 g/mol. The molecule has 4 heteroatoms. The van der Waals surface area contributed by atoms with E-state index in [2.05, 4.69) is 15.9 Å². The van der Waals surface area contributed by atoms with E-state index in [1.54, 1.807) is 33.7 Å². The molecular weight excluding hydrogens is 364 g/mol. The third-order valence-electron chi connectivity index (χ3n) is 2.95. The maximum absolute atomic E-state index is 12.1. The third kappa shape index (κ3) is 3.70. The molecule has 0 N–H and O–H groups in total. The van der Waals surface area contributed by atoms with E-state index < -0.39 is 0 Å². The second-order valence-corrected chi connectivity index (χ2v) is 7.59. The van der Waals surface area contributed by atoms with Gasteiger partial charge < -0.3 is 0 Å². The van der Waals surface area contributed by atoms with Crippen LogP contribution >= 0.6 is 37.5 Å². The molecule has 0 saturated heterocycles. The van der Waals surface area contributed by atoms with Gasteiger partial charge in [-0.05, 0) is 23.3 Å². The Hall–Kier alpha value is -1.23. The number of allylic oxidation sites excluding steroid dienone is 2. The van der Waals surface area contributed by atoms with Crippen molar-refractivity contribution in [1.29, 1.82) is 0 Å². The second-order valence-electron chi connectivity index (χ2n) is 4.46. The zero-order valence-electron chi connectivity index (χ0n) is 11.0. The number of ketones is 1. The van der Waals surface area contributed by atoms with Crippen molar-refractivity contribution < 1.29 is 4.79 Å². The molecule has 0 bridgehead atoms. The highest BCUT2D eigenvalue weighted by Crippen LogP contribution is 2.46. The Morgan fingerprint density at radius 1 is 0.714 bits per heavy atom. The lowest BCUT2D eigenvalue weighted by atomic mass is 10.1. The first kappa shape index (κ1) is 14.7. The topological polar surface area (TPSA) is 17.1 Å². The standard InChI is InChI=1S/C17H11BrOS2/c18-14-8-6-13(7-9-14)17-11-15(19)10-16(20-21-17)12-4-2-1-3-5-12/h1-11H. The van der Waals surface area contributed by atoms with E-state index in [1.165, 1.54) is 0 Å². The molecule has 0 unspecified atom stereocenters. The lowest BCUT2D eigenvalue weighted by Gasteiger charge is -2.06. The van der Waals surface area contributed by atoms with E-state index in [1.807, 2.05) is 54.6 Å². The highest BCUT2D eigenvalue weighted by molar-refractivity contribution is 9.10. The van der Waals surface area contributed by atoms with Crippen molar-refractivity contribution >= 4 is 53.1 Å². The summed E-state index contributed by atoms with van der Waals surface area (Å²) in [6.45, 7) is 0. The molecule has 0 saturated carbocycles. The number of halogens is 1. The van der Waals surface area contributed by atoms with Gasteiger partial charge in [0, 0.05) is 26.4 Å². The maximum Gasteiger partial charge on any atom is 0.180 e. The molecule has 21 heavy (non-hydrogen) atoms. The molecule has 1 heterocycles. The van der Waals surface area contributed by atoms with E-state index in [4.69, 9.17) is 0 Å². The van der Waals surface area contributed by atoms with Crippen molar-refractivity contribution in [1.82, 2.24) is 0 Å². The summed E-state index contributed by atoms with van der Waals surface area (Å²) in [5, 5.41) is 0. The van der Waals surface area contributed by atoms with Gasteiger partial charge in [-0.25, -0.2) is 0 Å². The quantitative estimate of drug-likeness (QED) is 0.618. The molecule has 0 fully saturated rings. The minimum absolute atomic E-state index is 0.0317. The van der Waals surface area contributed by atoms with Gasteiger partial charge in [0.15, 0.2) is 5.78 Å². The number of benzene rings is 2. The molecule has 0 spiro atoms. The van der Waals surface area contributed by atoms with Crippen LogP contribution in [-0.4, -0.2) is 5.78 Å². The average Bonchev–Trinajstić information content (AvgIpc) is 2.71. The molecule has 0 aliphatic carbocycles. The molecule has 3 rings (SSSR count). The lowest BCUT2D eigenvalue weighted by molar-refractivity contribution is -0.110. The van der Waals surface area contributed by atoms with Gasteiger partial charge in [-0.1, -0.05) is 80.0 Å². The van der Waals surface area contributed by atoms with Crippen molar-refractivity contribution in [2.24, 2.45) is 0 Å². The van der Waals surface area contributed by atoms with Crippen LogP contribution in [-0.2, 0) is 4.79 Å². The Labute approximate surface area is 140 Å². The number of hydrogen-bond acceptors (Lipinski definition) is 3. The first-order chi connectivity index (χ1) is 10.2. The van der Waals surface area contributed by atoms with Gasteiger partial charge in [-0.15, -0.1) is 0 Å². The summed E-state index contributed by atoms with van der Waals surface area (Å²) in [6.07, 6.45) is 3.41. The molecule has 1 aliphatic rings. The van der Waals surface area contributed by atoms with Crippen molar-refractivity contribution in [2.45, 2.75) is 0 Å². The van der Waals surface area contributed by atoms with Gasteiger partial charge in [0.2, 0.25) is 0 Å². The predicted molar refractivity (Wildman–Crippen MR) is 96.7 cm³/mol. The molecular formula is C17H11BrOS2. The van der Waals surface area contributed by atoms with Crippen molar-refractivity contribution in [3.05, 3.63) is 82.3 Å². The van der Waals surface area contributed by atoms with E-state index >= 15 is 0 Å². The van der Waals surface area contributed by atoms with Crippen LogP contribution in [0.5, 0.6) is 0 Å². The number of carbonyl (C=O) groups excluding carboxylic acids is 1. The molecule has 0 radical (unpaired) electrons. The number of rotatable bonds is 2.